The maximum Gasteiger partial charge on any atom is 0.338 e. The number of hydrogen-bond donors (Lipinski definition) is 1. The zero-order valence-corrected chi connectivity index (χ0v) is 23.6. The Morgan fingerprint density at radius 3 is 2.43 bits per heavy atom. The smallest absolute Gasteiger partial charge is 0.338 e. The number of aromatic nitrogens is 1. The van der Waals surface area contributed by atoms with E-state index in [9.17, 15) is 28.4 Å². The molecule has 2 aliphatic heterocycles. The normalized spacial score (nSPS) is 19.4. The van der Waals surface area contributed by atoms with Gasteiger partial charge in [-0.1, -0.05) is 23.1 Å². The van der Waals surface area contributed by atoms with E-state index in [2.05, 4.69) is 5.32 Å². The monoisotopic (exact) mass is 607 g/mol. The molecular weight excluding hydrogens is 585 g/mol. The first-order chi connectivity index (χ1) is 20.3. The number of rotatable bonds is 7. The summed E-state index contributed by atoms with van der Waals surface area (Å²) >= 11 is 1.96. The Labute approximate surface area is 246 Å². The molecule has 6 rings (SSSR count). The van der Waals surface area contributed by atoms with E-state index >= 15 is 0 Å². The minimum atomic E-state index is -0.899. The number of nitrogens with zero attached hydrogens (tertiary/aromatic N) is 2. The zero-order valence-electron chi connectivity index (χ0n) is 21.9. The summed E-state index contributed by atoms with van der Waals surface area (Å²) in [6.07, 6.45) is 1.45. The summed E-state index contributed by atoms with van der Waals surface area (Å²) in [6, 6.07) is 14.6. The topological polar surface area (TPSA) is 128 Å². The summed E-state index contributed by atoms with van der Waals surface area (Å²) in [4.78, 5) is 66.6. The molecular formula is C29H22FN3O7S2. The maximum atomic E-state index is 13.7. The Bertz CT molecular complexity index is 1750. The number of carbonyl (C=O) groups excluding carboxylic acids is 4. The van der Waals surface area contributed by atoms with Gasteiger partial charge in [0.15, 0.2) is 0 Å². The van der Waals surface area contributed by atoms with E-state index in [1.807, 2.05) is 0 Å². The van der Waals surface area contributed by atoms with Crippen molar-refractivity contribution in [1.29, 1.82) is 0 Å². The van der Waals surface area contributed by atoms with Gasteiger partial charge in [-0.3, -0.25) is 23.7 Å². The van der Waals surface area contributed by atoms with Crippen LogP contribution in [0.5, 0.6) is 0 Å². The molecule has 1 saturated heterocycles. The minimum Gasteiger partial charge on any atom is -0.469 e. The number of esters is 1. The van der Waals surface area contributed by atoms with Crippen LogP contribution in [0, 0.1) is 11.7 Å². The van der Waals surface area contributed by atoms with Gasteiger partial charge in [0.25, 0.3) is 0 Å². The summed E-state index contributed by atoms with van der Waals surface area (Å²) in [5.74, 6) is -3.66. The summed E-state index contributed by atoms with van der Waals surface area (Å²) in [6.45, 7) is 1.60. The Balaban J connectivity index is 1.30. The van der Waals surface area contributed by atoms with Gasteiger partial charge in [-0.25, -0.2) is 14.1 Å². The third-order valence-electron chi connectivity index (χ3n) is 6.97. The lowest BCUT2D eigenvalue weighted by molar-refractivity contribution is -0.122. The van der Waals surface area contributed by atoms with Gasteiger partial charge >= 0.3 is 10.8 Å². The number of thiazole rings is 1. The van der Waals surface area contributed by atoms with Crippen molar-refractivity contribution in [3.8, 4) is 0 Å². The third-order valence-corrected chi connectivity index (χ3v) is 9.57. The summed E-state index contributed by atoms with van der Waals surface area (Å²) in [7, 11) is 0. The van der Waals surface area contributed by atoms with Gasteiger partial charge in [-0.2, -0.15) is 0 Å². The van der Waals surface area contributed by atoms with E-state index in [4.69, 9.17) is 9.15 Å². The van der Waals surface area contributed by atoms with E-state index in [1.165, 1.54) is 47.2 Å². The van der Waals surface area contributed by atoms with Crippen LogP contribution in [0.1, 0.15) is 33.8 Å². The molecule has 1 N–H and O–H groups in total. The van der Waals surface area contributed by atoms with E-state index in [-0.39, 0.29) is 18.8 Å². The van der Waals surface area contributed by atoms with Crippen molar-refractivity contribution in [2.45, 2.75) is 29.7 Å². The van der Waals surface area contributed by atoms with Crippen molar-refractivity contribution < 1.29 is 32.7 Å². The van der Waals surface area contributed by atoms with Crippen molar-refractivity contribution in [1.82, 2.24) is 4.57 Å². The molecule has 4 heterocycles. The van der Waals surface area contributed by atoms with Gasteiger partial charge in [0.2, 0.25) is 17.7 Å². The van der Waals surface area contributed by atoms with Crippen LogP contribution < -0.4 is 15.1 Å². The molecule has 2 aromatic heterocycles. The number of hydrogen-bond acceptors (Lipinski definition) is 9. The van der Waals surface area contributed by atoms with Crippen molar-refractivity contribution in [2.75, 3.05) is 16.8 Å². The molecule has 1 fully saturated rings. The summed E-state index contributed by atoms with van der Waals surface area (Å²) in [5, 5.41) is 2.22. The Hall–Kier alpha value is -4.49. The van der Waals surface area contributed by atoms with Gasteiger partial charge in [-0.05, 0) is 67.6 Å². The molecule has 2 aromatic carbocycles. The van der Waals surface area contributed by atoms with E-state index in [0.717, 1.165) is 28.0 Å². The number of thioether (sulfide) groups is 1. The van der Waals surface area contributed by atoms with Crippen LogP contribution in [0.3, 0.4) is 0 Å². The molecule has 0 bridgehead atoms. The second-order valence-electron chi connectivity index (χ2n) is 9.52. The van der Waals surface area contributed by atoms with Gasteiger partial charge in [0.1, 0.15) is 23.4 Å². The van der Waals surface area contributed by atoms with Crippen LogP contribution in [-0.2, 0) is 25.7 Å². The van der Waals surface area contributed by atoms with Crippen LogP contribution in [0.15, 0.2) is 81.2 Å². The van der Waals surface area contributed by atoms with Crippen LogP contribution in [0.2, 0.25) is 0 Å². The lowest BCUT2D eigenvalue weighted by atomic mass is 9.87. The number of ether oxygens (including phenoxy) is 1. The van der Waals surface area contributed by atoms with Gasteiger partial charge < -0.3 is 14.5 Å². The van der Waals surface area contributed by atoms with Crippen LogP contribution in [0.4, 0.5) is 15.8 Å². The average Bonchev–Trinajstić information content (AvgIpc) is 3.67. The molecule has 3 atom stereocenters. The van der Waals surface area contributed by atoms with Gasteiger partial charge in [0.05, 0.1) is 45.9 Å². The molecule has 13 heteroatoms. The number of imide groups is 1. The van der Waals surface area contributed by atoms with Crippen molar-refractivity contribution in [3.05, 3.63) is 98.6 Å². The first-order valence-corrected chi connectivity index (χ1v) is 14.6. The number of carbonyl (C=O) groups is 4. The Kier molecular flexibility index (Phi) is 7.29. The molecule has 0 aliphatic carbocycles. The van der Waals surface area contributed by atoms with E-state index < -0.39 is 51.5 Å². The highest BCUT2D eigenvalue weighted by Gasteiger charge is 2.57. The van der Waals surface area contributed by atoms with Gasteiger partial charge in [0, 0.05) is 5.69 Å². The zero-order chi connectivity index (χ0) is 29.5. The second-order valence-corrected chi connectivity index (χ2v) is 11.6. The largest absolute Gasteiger partial charge is 0.469 e. The highest BCUT2D eigenvalue weighted by atomic mass is 32.2. The molecule has 10 nitrogen and oxygen atoms in total. The number of furan rings is 1. The lowest BCUT2D eigenvalue weighted by Crippen LogP contribution is -2.32. The molecule has 3 amide bonds. The number of amides is 3. The maximum absolute atomic E-state index is 13.7. The van der Waals surface area contributed by atoms with E-state index in [0.29, 0.717) is 26.9 Å². The molecule has 3 unspecified atom stereocenters. The fourth-order valence-corrected chi connectivity index (χ4v) is 7.88. The Morgan fingerprint density at radius 2 is 1.76 bits per heavy atom. The second kappa shape index (κ2) is 11.1. The number of nitrogens with one attached hydrogen (secondary N) is 1. The standard InChI is InChI=1S/C29H22FN3O7S2/c1-2-39-28(37)15-5-9-17(10-6-15)31-20(34)14-32-27-24(42-29(32)38)21(19-4-3-13-40-19)22-23(41-27)26(36)33(25(22)35)18-11-7-16(30)8-12-18/h3-13,21-23H,2,14H2,1H3,(H,31,34). The summed E-state index contributed by atoms with van der Waals surface area (Å²) in [5.41, 5.74) is 0.991. The quantitative estimate of drug-likeness (QED) is 0.244. The van der Waals surface area contributed by atoms with Crippen molar-refractivity contribution in [2.24, 2.45) is 5.92 Å². The predicted molar refractivity (Wildman–Crippen MR) is 152 cm³/mol. The third kappa shape index (κ3) is 4.84. The van der Waals surface area contributed by atoms with Crippen molar-refractivity contribution >= 4 is 58.2 Å². The molecule has 42 heavy (non-hydrogen) atoms. The predicted octanol–water partition coefficient (Wildman–Crippen LogP) is 4.25. The molecule has 214 valence electrons. The van der Waals surface area contributed by atoms with Crippen LogP contribution in [0.25, 0.3) is 0 Å². The first-order valence-electron chi connectivity index (χ1n) is 12.9. The van der Waals surface area contributed by atoms with Crippen LogP contribution >= 0.6 is 23.1 Å². The SMILES string of the molecule is CCOC(=O)c1ccc(NC(=O)Cn2c3c(sc2=O)C(c2ccco2)C2C(=O)N(c4ccc(F)cc4)C(=O)C2S3)cc1. The highest BCUT2D eigenvalue weighted by Crippen LogP contribution is 2.53. The first kappa shape index (κ1) is 27.7. The number of benzene rings is 2. The number of halogens is 1. The lowest BCUT2D eigenvalue weighted by Gasteiger charge is -2.29. The summed E-state index contributed by atoms with van der Waals surface area (Å²) < 4.78 is 25.5. The van der Waals surface area contributed by atoms with Crippen LogP contribution in [-0.4, -0.2) is 40.1 Å². The number of fused-ring (bicyclic) bond motifs is 2. The number of anilines is 2. The molecule has 0 radical (unpaired) electrons. The van der Waals surface area contributed by atoms with E-state index in [1.54, 1.807) is 31.2 Å². The molecule has 0 saturated carbocycles. The fourth-order valence-electron chi connectivity index (χ4n) is 5.12. The highest BCUT2D eigenvalue weighted by molar-refractivity contribution is 8.00. The fraction of sp³-hybridized carbons (Fsp3) is 0.207. The van der Waals surface area contributed by atoms with Gasteiger partial charge in [-0.15, -0.1) is 0 Å². The molecule has 0 spiro atoms. The molecule has 4 aromatic rings. The Morgan fingerprint density at radius 1 is 1.02 bits per heavy atom. The average molecular weight is 608 g/mol. The minimum absolute atomic E-state index is 0.238. The van der Waals surface area contributed by atoms with Crippen molar-refractivity contribution in [3.63, 3.8) is 0 Å². The molecule has 2 aliphatic rings.